The number of carboxylic acid groups (broad SMARTS) is 1. The van der Waals surface area contributed by atoms with Crippen LogP contribution in [-0.2, 0) is 0 Å². The summed E-state index contributed by atoms with van der Waals surface area (Å²) in [7, 11) is 0. The van der Waals surface area contributed by atoms with Gasteiger partial charge in [0, 0.05) is 15.8 Å². The third-order valence-electron chi connectivity index (χ3n) is 2.94. The fraction of sp³-hybridized carbons (Fsp3) is 0.133. The number of benzene rings is 2. The summed E-state index contributed by atoms with van der Waals surface area (Å²) in [5.41, 5.74) is 4.07. The summed E-state index contributed by atoms with van der Waals surface area (Å²) in [5.74, 6) is -0.900. The lowest BCUT2D eigenvalue weighted by Gasteiger charge is -2.11. The predicted octanol–water partition coefficient (Wildman–Crippen LogP) is 4.51. The lowest BCUT2D eigenvalue weighted by molar-refractivity contribution is 0.0696. The van der Waals surface area contributed by atoms with Crippen molar-refractivity contribution in [2.45, 2.75) is 13.8 Å². The Bertz CT molecular complexity index is 638. The van der Waals surface area contributed by atoms with E-state index < -0.39 is 5.97 Å². The lowest BCUT2D eigenvalue weighted by atomic mass is 10.1. The molecule has 2 aromatic carbocycles. The largest absolute Gasteiger partial charge is 0.478 e. The molecule has 2 rings (SSSR count). The number of hydrogen-bond acceptors (Lipinski definition) is 2. The number of carbonyl (C=O) groups is 1. The van der Waals surface area contributed by atoms with Crippen molar-refractivity contribution in [2.75, 3.05) is 5.32 Å². The van der Waals surface area contributed by atoms with Crippen molar-refractivity contribution in [3.63, 3.8) is 0 Å². The van der Waals surface area contributed by atoms with Gasteiger partial charge in [-0.05, 0) is 55.3 Å². The standard InChI is InChI=1S/C15H14BrNO2/c1-9-3-4-11(16)8-14(9)17-12-5-6-13(15(18)19)10(2)7-12/h3-8,17H,1-2H3,(H,18,19). The fourth-order valence-corrected chi connectivity index (χ4v) is 2.23. The molecule has 0 aliphatic heterocycles. The summed E-state index contributed by atoms with van der Waals surface area (Å²) in [6.07, 6.45) is 0. The number of aryl methyl sites for hydroxylation is 2. The minimum Gasteiger partial charge on any atom is -0.478 e. The molecule has 0 bridgehead atoms. The third-order valence-corrected chi connectivity index (χ3v) is 3.43. The van der Waals surface area contributed by atoms with Crippen molar-refractivity contribution in [3.8, 4) is 0 Å². The van der Waals surface area contributed by atoms with Crippen LogP contribution in [0, 0.1) is 13.8 Å². The molecule has 98 valence electrons. The van der Waals surface area contributed by atoms with Gasteiger partial charge in [-0.2, -0.15) is 0 Å². The number of aromatic carboxylic acids is 1. The van der Waals surface area contributed by atoms with E-state index in [1.165, 1.54) is 0 Å². The lowest BCUT2D eigenvalue weighted by Crippen LogP contribution is -2.01. The molecular formula is C15H14BrNO2. The zero-order valence-corrected chi connectivity index (χ0v) is 12.3. The molecule has 0 spiro atoms. The highest BCUT2D eigenvalue weighted by atomic mass is 79.9. The van der Waals surface area contributed by atoms with Crippen LogP contribution in [-0.4, -0.2) is 11.1 Å². The maximum Gasteiger partial charge on any atom is 0.335 e. The van der Waals surface area contributed by atoms with Crippen LogP contribution in [0.25, 0.3) is 0 Å². The van der Waals surface area contributed by atoms with E-state index in [4.69, 9.17) is 5.11 Å². The predicted molar refractivity (Wildman–Crippen MR) is 80.3 cm³/mol. The molecule has 2 N–H and O–H groups in total. The second kappa shape index (κ2) is 5.45. The fourth-order valence-electron chi connectivity index (χ4n) is 1.87. The van der Waals surface area contributed by atoms with E-state index in [1.807, 2.05) is 31.2 Å². The van der Waals surface area contributed by atoms with Crippen molar-refractivity contribution in [1.29, 1.82) is 0 Å². The van der Waals surface area contributed by atoms with Crippen LogP contribution in [0.4, 0.5) is 11.4 Å². The Balaban J connectivity index is 2.31. The second-order valence-corrected chi connectivity index (χ2v) is 5.33. The summed E-state index contributed by atoms with van der Waals surface area (Å²) < 4.78 is 1.000. The average Bonchev–Trinajstić information content (AvgIpc) is 2.33. The third kappa shape index (κ3) is 3.15. The first-order chi connectivity index (χ1) is 8.97. The van der Waals surface area contributed by atoms with Crippen LogP contribution in [0.15, 0.2) is 40.9 Å². The highest BCUT2D eigenvalue weighted by Gasteiger charge is 2.07. The van der Waals surface area contributed by atoms with Gasteiger partial charge in [0.15, 0.2) is 0 Å². The molecule has 0 fully saturated rings. The van der Waals surface area contributed by atoms with Gasteiger partial charge in [0.05, 0.1) is 5.56 Å². The molecular weight excluding hydrogens is 306 g/mol. The smallest absolute Gasteiger partial charge is 0.335 e. The van der Waals surface area contributed by atoms with Gasteiger partial charge >= 0.3 is 5.97 Å². The topological polar surface area (TPSA) is 49.3 Å². The van der Waals surface area contributed by atoms with E-state index in [0.717, 1.165) is 27.0 Å². The van der Waals surface area contributed by atoms with Crippen molar-refractivity contribution in [3.05, 3.63) is 57.6 Å². The number of nitrogens with one attached hydrogen (secondary N) is 1. The van der Waals surface area contributed by atoms with Crippen molar-refractivity contribution in [2.24, 2.45) is 0 Å². The monoisotopic (exact) mass is 319 g/mol. The Morgan fingerprint density at radius 1 is 1.11 bits per heavy atom. The van der Waals surface area contributed by atoms with Gasteiger partial charge in [-0.25, -0.2) is 4.79 Å². The number of hydrogen-bond donors (Lipinski definition) is 2. The van der Waals surface area contributed by atoms with E-state index in [9.17, 15) is 4.79 Å². The van der Waals surface area contributed by atoms with Crippen LogP contribution in [0.1, 0.15) is 21.5 Å². The van der Waals surface area contributed by atoms with Crippen molar-refractivity contribution in [1.82, 2.24) is 0 Å². The number of anilines is 2. The molecule has 0 aliphatic rings. The molecule has 0 heterocycles. The summed E-state index contributed by atoms with van der Waals surface area (Å²) >= 11 is 3.44. The first kappa shape index (κ1) is 13.6. The molecule has 0 aromatic heterocycles. The van der Waals surface area contributed by atoms with E-state index >= 15 is 0 Å². The van der Waals surface area contributed by atoms with E-state index in [-0.39, 0.29) is 0 Å². The molecule has 4 heteroatoms. The Hall–Kier alpha value is -1.81. The summed E-state index contributed by atoms with van der Waals surface area (Å²) in [6, 6.07) is 11.2. The molecule has 19 heavy (non-hydrogen) atoms. The Kier molecular flexibility index (Phi) is 3.90. The van der Waals surface area contributed by atoms with Gasteiger partial charge in [0.25, 0.3) is 0 Å². The molecule has 0 aliphatic carbocycles. The van der Waals surface area contributed by atoms with Crippen LogP contribution in [0.2, 0.25) is 0 Å². The van der Waals surface area contributed by atoms with Gasteiger partial charge in [-0.3, -0.25) is 0 Å². The van der Waals surface area contributed by atoms with E-state index in [1.54, 1.807) is 19.1 Å². The van der Waals surface area contributed by atoms with E-state index in [0.29, 0.717) is 5.56 Å². The van der Waals surface area contributed by atoms with Crippen molar-refractivity contribution >= 4 is 33.3 Å². The van der Waals surface area contributed by atoms with Crippen LogP contribution < -0.4 is 5.32 Å². The Morgan fingerprint density at radius 3 is 2.47 bits per heavy atom. The SMILES string of the molecule is Cc1ccc(Br)cc1Nc1ccc(C(=O)O)c(C)c1. The number of carboxylic acids is 1. The number of rotatable bonds is 3. The van der Waals surface area contributed by atoms with E-state index in [2.05, 4.69) is 21.2 Å². The van der Waals surface area contributed by atoms with Gasteiger partial charge in [-0.1, -0.05) is 22.0 Å². The maximum atomic E-state index is 11.0. The first-order valence-electron chi connectivity index (χ1n) is 5.84. The Labute approximate surface area is 120 Å². The van der Waals surface area contributed by atoms with Crippen LogP contribution in [0.5, 0.6) is 0 Å². The van der Waals surface area contributed by atoms with Gasteiger partial charge < -0.3 is 10.4 Å². The number of halogens is 1. The minimum absolute atomic E-state index is 0.330. The minimum atomic E-state index is -0.900. The summed E-state index contributed by atoms with van der Waals surface area (Å²) in [5, 5.41) is 12.3. The van der Waals surface area contributed by atoms with Gasteiger partial charge in [0.1, 0.15) is 0 Å². The maximum absolute atomic E-state index is 11.0. The van der Waals surface area contributed by atoms with Crippen LogP contribution >= 0.6 is 15.9 Å². The average molecular weight is 320 g/mol. The quantitative estimate of drug-likeness (QED) is 0.875. The Morgan fingerprint density at radius 2 is 1.84 bits per heavy atom. The molecule has 0 unspecified atom stereocenters. The molecule has 3 nitrogen and oxygen atoms in total. The molecule has 0 radical (unpaired) electrons. The van der Waals surface area contributed by atoms with Gasteiger partial charge in [-0.15, -0.1) is 0 Å². The molecule has 0 saturated carbocycles. The summed E-state index contributed by atoms with van der Waals surface area (Å²) in [4.78, 5) is 11.0. The molecule has 0 saturated heterocycles. The molecule has 0 amide bonds. The van der Waals surface area contributed by atoms with Crippen molar-refractivity contribution < 1.29 is 9.90 Å². The molecule has 2 aromatic rings. The van der Waals surface area contributed by atoms with Gasteiger partial charge in [0.2, 0.25) is 0 Å². The highest BCUT2D eigenvalue weighted by molar-refractivity contribution is 9.10. The first-order valence-corrected chi connectivity index (χ1v) is 6.64. The zero-order valence-electron chi connectivity index (χ0n) is 10.7. The summed E-state index contributed by atoms with van der Waals surface area (Å²) in [6.45, 7) is 3.82. The van der Waals surface area contributed by atoms with Crippen LogP contribution in [0.3, 0.4) is 0 Å². The highest BCUT2D eigenvalue weighted by Crippen LogP contribution is 2.25. The normalized spacial score (nSPS) is 10.3. The zero-order chi connectivity index (χ0) is 14.0. The second-order valence-electron chi connectivity index (χ2n) is 4.42. The molecule has 0 atom stereocenters.